The Morgan fingerprint density at radius 2 is 2.14 bits per heavy atom. The molecular formula is C15H15N3O4. The van der Waals surface area contributed by atoms with E-state index in [0.29, 0.717) is 24.4 Å². The highest BCUT2D eigenvalue weighted by Crippen LogP contribution is 2.15. The van der Waals surface area contributed by atoms with E-state index in [9.17, 15) is 14.4 Å². The molecule has 3 N–H and O–H groups in total. The van der Waals surface area contributed by atoms with E-state index in [1.165, 1.54) is 12.3 Å². The molecule has 0 aromatic carbocycles. The minimum atomic E-state index is -0.592. The van der Waals surface area contributed by atoms with Crippen molar-refractivity contribution in [1.29, 1.82) is 0 Å². The summed E-state index contributed by atoms with van der Waals surface area (Å²) < 4.78 is 5.19. The minimum Gasteiger partial charge on any atom is -0.463 e. The van der Waals surface area contributed by atoms with Crippen LogP contribution in [0.15, 0.2) is 39.7 Å². The second kappa shape index (κ2) is 5.88. The van der Waals surface area contributed by atoms with E-state index in [1.54, 1.807) is 18.2 Å². The van der Waals surface area contributed by atoms with Crippen LogP contribution in [0, 0.1) is 0 Å². The van der Waals surface area contributed by atoms with Crippen LogP contribution >= 0.6 is 0 Å². The first-order valence-electron chi connectivity index (χ1n) is 7.01. The number of furan rings is 1. The Bertz CT molecular complexity index is 748. The molecule has 3 heterocycles. The summed E-state index contributed by atoms with van der Waals surface area (Å²) in [5.41, 5.74) is -0.0711. The number of pyridine rings is 1. The van der Waals surface area contributed by atoms with Gasteiger partial charge in [-0.05, 0) is 37.1 Å². The number of rotatable bonds is 3. The molecule has 7 heteroatoms. The van der Waals surface area contributed by atoms with Gasteiger partial charge in [-0.1, -0.05) is 0 Å². The van der Waals surface area contributed by atoms with Crippen LogP contribution < -0.4 is 16.2 Å². The summed E-state index contributed by atoms with van der Waals surface area (Å²) in [6.45, 7) is 0.615. The van der Waals surface area contributed by atoms with Gasteiger partial charge in [-0.2, -0.15) is 0 Å². The molecule has 0 aliphatic carbocycles. The quantitative estimate of drug-likeness (QED) is 0.774. The molecule has 114 valence electrons. The van der Waals surface area contributed by atoms with Crippen LogP contribution in [0.4, 0.5) is 0 Å². The molecule has 1 fully saturated rings. The Kier molecular flexibility index (Phi) is 3.78. The van der Waals surface area contributed by atoms with Crippen LogP contribution in [0.1, 0.15) is 23.2 Å². The van der Waals surface area contributed by atoms with E-state index in [2.05, 4.69) is 15.6 Å². The smallest absolute Gasteiger partial charge is 0.261 e. The van der Waals surface area contributed by atoms with Crippen LogP contribution in [-0.4, -0.2) is 29.4 Å². The predicted molar refractivity (Wildman–Crippen MR) is 78.3 cm³/mol. The Morgan fingerprint density at radius 3 is 2.82 bits per heavy atom. The predicted octanol–water partition coefficient (Wildman–Crippen LogP) is 0.643. The lowest BCUT2D eigenvalue weighted by atomic mass is 10.1. The fraction of sp³-hybridized carbons (Fsp3) is 0.267. The van der Waals surface area contributed by atoms with Crippen molar-refractivity contribution in [3.05, 3.63) is 46.4 Å². The van der Waals surface area contributed by atoms with E-state index in [1.807, 2.05) is 0 Å². The van der Waals surface area contributed by atoms with Gasteiger partial charge in [-0.15, -0.1) is 0 Å². The first-order valence-corrected chi connectivity index (χ1v) is 7.01. The SMILES string of the molecule is O=C(N[C@H]1CCCNC1=O)c1ccc(-c2ccco2)[nH]c1=O. The summed E-state index contributed by atoms with van der Waals surface area (Å²) >= 11 is 0. The summed E-state index contributed by atoms with van der Waals surface area (Å²) in [5, 5.41) is 5.26. The van der Waals surface area contributed by atoms with Gasteiger partial charge < -0.3 is 20.0 Å². The van der Waals surface area contributed by atoms with Gasteiger partial charge in [-0.3, -0.25) is 14.4 Å². The lowest BCUT2D eigenvalue weighted by Crippen LogP contribution is -2.50. The number of carbonyl (C=O) groups excluding carboxylic acids is 2. The molecule has 1 saturated heterocycles. The van der Waals surface area contributed by atoms with Crippen molar-refractivity contribution in [2.75, 3.05) is 6.54 Å². The molecule has 7 nitrogen and oxygen atoms in total. The number of hydrogen-bond acceptors (Lipinski definition) is 4. The van der Waals surface area contributed by atoms with Crippen LogP contribution in [-0.2, 0) is 4.79 Å². The third-order valence-corrected chi connectivity index (χ3v) is 3.53. The van der Waals surface area contributed by atoms with Crippen molar-refractivity contribution in [2.24, 2.45) is 0 Å². The first-order chi connectivity index (χ1) is 10.6. The highest BCUT2D eigenvalue weighted by atomic mass is 16.3. The third kappa shape index (κ3) is 2.78. The Hall–Kier alpha value is -2.83. The lowest BCUT2D eigenvalue weighted by molar-refractivity contribution is -0.124. The number of hydrogen-bond donors (Lipinski definition) is 3. The number of amides is 2. The Labute approximate surface area is 125 Å². The largest absolute Gasteiger partial charge is 0.463 e. The van der Waals surface area contributed by atoms with E-state index < -0.39 is 17.5 Å². The van der Waals surface area contributed by atoms with Crippen molar-refractivity contribution in [1.82, 2.24) is 15.6 Å². The molecule has 3 rings (SSSR count). The van der Waals surface area contributed by atoms with Crippen molar-refractivity contribution < 1.29 is 14.0 Å². The van der Waals surface area contributed by atoms with E-state index >= 15 is 0 Å². The molecule has 1 aliphatic heterocycles. The molecule has 2 amide bonds. The van der Waals surface area contributed by atoms with E-state index in [-0.39, 0.29) is 11.5 Å². The average molecular weight is 301 g/mol. The number of carbonyl (C=O) groups is 2. The number of aromatic nitrogens is 1. The van der Waals surface area contributed by atoms with Gasteiger partial charge in [0.2, 0.25) is 5.91 Å². The normalized spacial score (nSPS) is 17.8. The molecule has 1 aliphatic rings. The summed E-state index contributed by atoms with van der Waals surface area (Å²) in [4.78, 5) is 38.4. The second-order valence-electron chi connectivity index (χ2n) is 5.05. The summed E-state index contributed by atoms with van der Waals surface area (Å²) in [5.74, 6) is -0.270. The zero-order valence-corrected chi connectivity index (χ0v) is 11.7. The average Bonchev–Trinajstić information content (AvgIpc) is 3.03. The van der Waals surface area contributed by atoms with Crippen molar-refractivity contribution in [3.63, 3.8) is 0 Å². The van der Waals surface area contributed by atoms with Crippen LogP contribution in [0.25, 0.3) is 11.5 Å². The summed E-state index contributed by atoms with van der Waals surface area (Å²) in [6, 6.07) is 5.83. The number of H-pyrrole nitrogens is 1. The molecular weight excluding hydrogens is 286 g/mol. The molecule has 0 spiro atoms. The molecule has 0 radical (unpaired) electrons. The maximum absolute atomic E-state index is 12.1. The molecule has 22 heavy (non-hydrogen) atoms. The van der Waals surface area contributed by atoms with Crippen LogP contribution in [0.2, 0.25) is 0 Å². The van der Waals surface area contributed by atoms with Crippen LogP contribution in [0.3, 0.4) is 0 Å². The first kappa shape index (κ1) is 14.1. The van der Waals surface area contributed by atoms with Gasteiger partial charge in [0.05, 0.1) is 12.0 Å². The summed E-state index contributed by atoms with van der Waals surface area (Å²) in [6.07, 6.45) is 2.86. The highest BCUT2D eigenvalue weighted by Gasteiger charge is 2.25. The molecule has 1 atom stereocenters. The van der Waals surface area contributed by atoms with Crippen LogP contribution in [0.5, 0.6) is 0 Å². The monoisotopic (exact) mass is 301 g/mol. The molecule has 2 aromatic rings. The molecule has 0 saturated carbocycles. The topological polar surface area (TPSA) is 104 Å². The Morgan fingerprint density at radius 1 is 1.27 bits per heavy atom. The fourth-order valence-corrected chi connectivity index (χ4v) is 2.37. The van der Waals surface area contributed by atoms with Gasteiger partial charge in [0, 0.05) is 6.54 Å². The van der Waals surface area contributed by atoms with E-state index in [0.717, 1.165) is 6.42 Å². The van der Waals surface area contributed by atoms with E-state index in [4.69, 9.17) is 4.42 Å². The van der Waals surface area contributed by atoms with Gasteiger partial charge in [0.1, 0.15) is 17.4 Å². The number of piperidine rings is 1. The molecule has 2 aromatic heterocycles. The van der Waals surface area contributed by atoms with Crippen molar-refractivity contribution in [2.45, 2.75) is 18.9 Å². The van der Waals surface area contributed by atoms with Gasteiger partial charge in [0.15, 0.2) is 0 Å². The highest BCUT2D eigenvalue weighted by molar-refractivity contribution is 5.97. The molecule has 0 unspecified atom stereocenters. The maximum Gasteiger partial charge on any atom is 0.261 e. The molecule has 0 bridgehead atoms. The third-order valence-electron chi connectivity index (χ3n) is 3.53. The summed E-state index contributed by atoms with van der Waals surface area (Å²) in [7, 11) is 0. The number of nitrogens with one attached hydrogen (secondary N) is 3. The lowest BCUT2D eigenvalue weighted by Gasteiger charge is -2.22. The van der Waals surface area contributed by atoms with Gasteiger partial charge in [-0.25, -0.2) is 0 Å². The zero-order chi connectivity index (χ0) is 15.5. The van der Waals surface area contributed by atoms with Crippen molar-refractivity contribution >= 4 is 11.8 Å². The maximum atomic E-state index is 12.1. The second-order valence-corrected chi connectivity index (χ2v) is 5.05. The minimum absolute atomic E-state index is 0.0336. The van der Waals surface area contributed by atoms with Gasteiger partial charge in [0.25, 0.3) is 11.5 Å². The fourth-order valence-electron chi connectivity index (χ4n) is 2.37. The standard InChI is InChI=1S/C15H15N3O4/c19-13-9(5-6-10(17-13)12-4-2-8-22-12)14(20)18-11-3-1-7-16-15(11)21/h2,4-6,8,11H,1,3,7H2,(H,16,21)(H,17,19)(H,18,20)/t11-/m0/s1. The number of aromatic amines is 1. The van der Waals surface area contributed by atoms with Gasteiger partial charge >= 0.3 is 0 Å². The van der Waals surface area contributed by atoms with Crippen molar-refractivity contribution in [3.8, 4) is 11.5 Å². The Balaban J connectivity index is 1.78. The zero-order valence-electron chi connectivity index (χ0n) is 11.7.